The number of hydrogen-bond acceptors (Lipinski definition) is 15. The summed E-state index contributed by atoms with van der Waals surface area (Å²) in [7, 11) is -9.88. The Labute approximate surface area is 486 Å². The van der Waals surface area contributed by atoms with Gasteiger partial charge < -0.3 is 33.8 Å². The third-order valence-electron chi connectivity index (χ3n) is 14.6. The molecule has 19 heteroatoms. The summed E-state index contributed by atoms with van der Waals surface area (Å²) in [6, 6.07) is 0. The Morgan fingerprint density at radius 2 is 0.637 bits per heavy atom. The van der Waals surface area contributed by atoms with Crippen molar-refractivity contribution < 1.29 is 80.2 Å². The van der Waals surface area contributed by atoms with E-state index in [9.17, 15) is 43.2 Å². The average Bonchev–Trinajstić information content (AvgIpc) is 3.42. The Morgan fingerprint density at radius 3 is 0.950 bits per heavy atom. The maximum atomic E-state index is 12.9. The molecule has 17 nitrogen and oxygen atoms in total. The first-order valence-electron chi connectivity index (χ1n) is 31.9. The Morgan fingerprint density at radius 1 is 0.362 bits per heavy atom. The molecule has 0 bridgehead atoms. The Hall–Kier alpha value is -1.94. The van der Waals surface area contributed by atoms with Gasteiger partial charge in [0, 0.05) is 25.7 Å². The summed E-state index contributed by atoms with van der Waals surface area (Å²) in [6.07, 6.45) is 32.4. The lowest BCUT2D eigenvalue weighted by atomic mass is 9.99. The van der Waals surface area contributed by atoms with Gasteiger partial charge in [-0.3, -0.25) is 37.3 Å². The molecule has 7 atom stereocenters. The zero-order chi connectivity index (χ0) is 59.5. The molecule has 0 aromatic carbocycles. The molecular formula is C61H118O17P2. The molecule has 3 N–H and O–H groups in total. The SMILES string of the molecule is CCCCCCCC(=O)OC[C@H](COP(=O)(O)OC[C@H](O)COP(=O)(O)OC[C@@H](COC(=O)CCCCCCCCCCC(C)CC)OC(=O)CCCCCCCCCCC(C)CC)OC(=O)CCCCCCCCCCC(C)C. The maximum absolute atomic E-state index is 12.9. The summed E-state index contributed by atoms with van der Waals surface area (Å²) >= 11 is 0. The van der Waals surface area contributed by atoms with Crippen LogP contribution in [0.3, 0.4) is 0 Å². The van der Waals surface area contributed by atoms with E-state index >= 15 is 0 Å². The van der Waals surface area contributed by atoms with Gasteiger partial charge in [0.1, 0.15) is 19.3 Å². The number of phosphoric ester groups is 2. The minimum Gasteiger partial charge on any atom is -0.462 e. The summed E-state index contributed by atoms with van der Waals surface area (Å²) in [6.45, 7) is 11.6. The molecule has 0 aromatic heterocycles. The smallest absolute Gasteiger partial charge is 0.462 e. The number of unbranched alkanes of at least 4 members (excludes halogenated alkanes) is 25. The van der Waals surface area contributed by atoms with Gasteiger partial charge in [0.25, 0.3) is 0 Å². The number of esters is 4. The summed E-state index contributed by atoms with van der Waals surface area (Å²) < 4.78 is 67.7. The second-order valence-corrected chi connectivity index (χ2v) is 26.0. The monoisotopic (exact) mass is 1180 g/mol. The molecular weight excluding hydrogens is 1070 g/mol. The third-order valence-corrected chi connectivity index (χ3v) is 16.5. The van der Waals surface area contributed by atoms with Gasteiger partial charge in [0.05, 0.1) is 26.4 Å². The summed E-state index contributed by atoms with van der Waals surface area (Å²) in [5.41, 5.74) is 0. The van der Waals surface area contributed by atoms with Gasteiger partial charge in [-0.2, -0.15) is 0 Å². The van der Waals surface area contributed by atoms with Crippen LogP contribution >= 0.6 is 15.6 Å². The predicted octanol–water partition coefficient (Wildman–Crippen LogP) is 16.3. The maximum Gasteiger partial charge on any atom is 0.472 e. The lowest BCUT2D eigenvalue weighted by Gasteiger charge is -2.21. The van der Waals surface area contributed by atoms with Crippen molar-refractivity contribution in [2.45, 2.75) is 311 Å². The highest BCUT2D eigenvalue weighted by molar-refractivity contribution is 7.47. The fourth-order valence-electron chi connectivity index (χ4n) is 8.89. The quantitative estimate of drug-likeness (QED) is 0.0222. The topological polar surface area (TPSA) is 237 Å². The lowest BCUT2D eigenvalue weighted by molar-refractivity contribution is -0.161. The number of hydrogen-bond donors (Lipinski definition) is 3. The van der Waals surface area contributed by atoms with E-state index in [-0.39, 0.29) is 25.7 Å². The van der Waals surface area contributed by atoms with E-state index < -0.39 is 97.5 Å². The third kappa shape index (κ3) is 52.8. The van der Waals surface area contributed by atoms with Crippen molar-refractivity contribution in [2.24, 2.45) is 17.8 Å². The highest BCUT2D eigenvalue weighted by atomic mass is 31.2. The lowest BCUT2D eigenvalue weighted by Crippen LogP contribution is -2.30. The molecule has 0 radical (unpaired) electrons. The molecule has 80 heavy (non-hydrogen) atoms. The van der Waals surface area contributed by atoms with Gasteiger partial charge in [-0.05, 0) is 43.4 Å². The minimum absolute atomic E-state index is 0.103. The van der Waals surface area contributed by atoms with Crippen LogP contribution < -0.4 is 0 Å². The van der Waals surface area contributed by atoms with Crippen LogP contribution in [0.2, 0.25) is 0 Å². The van der Waals surface area contributed by atoms with Crippen molar-refractivity contribution >= 4 is 39.5 Å². The van der Waals surface area contributed by atoms with Crippen LogP contribution in [0.4, 0.5) is 0 Å². The zero-order valence-corrected chi connectivity index (χ0v) is 53.3. The van der Waals surface area contributed by atoms with Gasteiger partial charge in [0.2, 0.25) is 0 Å². The van der Waals surface area contributed by atoms with E-state index in [1.165, 1.54) is 96.3 Å². The fourth-order valence-corrected chi connectivity index (χ4v) is 10.5. The van der Waals surface area contributed by atoms with Crippen molar-refractivity contribution in [3.05, 3.63) is 0 Å². The van der Waals surface area contributed by atoms with E-state index in [4.69, 9.17) is 37.0 Å². The van der Waals surface area contributed by atoms with E-state index in [0.717, 1.165) is 114 Å². The minimum atomic E-state index is -4.94. The highest BCUT2D eigenvalue weighted by Gasteiger charge is 2.30. The largest absolute Gasteiger partial charge is 0.472 e. The fraction of sp³-hybridized carbons (Fsp3) is 0.934. The molecule has 0 aromatic rings. The first-order valence-corrected chi connectivity index (χ1v) is 34.9. The number of ether oxygens (including phenoxy) is 4. The molecule has 0 saturated carbocycles. The molecule has 0 heterocycles. The van der Waals surface area contributed by atoms with Crippen LogP contribution in [0.15, 0.2) is 0 Å². The molecule has 0 amide bonds. The van der Waals surface area contributed by atoms with E-state index in [1.54, 1.807) is 0 Å². The number of aliphatic hydroxyl groups excluding tert-OH is 1. The highest BCUT2D eigenvalue weighted by Crippen LogP contribution is 2.45. The molecule has 0 aliphatic rings. The number of carbonyl (C=O) groups excluding carboxylic acids is 4. The average molecular weight is 1190 g/mol. The second-order valence-electron chi connectivity index (χ2n) is 23.0. The van der Waals surface area contributed by atoms with Gasteiger partial charge >= 0.3 is 39.5 Å². The number of phosphoric acid groups is 2. The van der Waals surface area contributed by atoms with Crippen molar-refractivity contribution in [1.29, 1.82) is 0 Å². The Kier molecular flexibility index (Phi) is 51.3. The van der Waals surface area contributed by atoms with E-state index in [1.807, 2.05) is 0 Å². The molecule has 0 aliphatic heterocycles. The molecule has 474 valence electrons. The first-order chi connectivity index (χ1) is 38.3. The first kappa shape index (κ1) is 78.1. The normalized spacial score (nSPS) is 15.1. The van der Waals surface area contributed by atoms with E-state index in [2.05, 4.69) is 48.5 Å². The van der Waals surface area contributed by atoms with Crippen LogP contribution in [0.25, 0.3) is 0 Å². The van der Waals surface area contributed by atoms with E-state index in [0.29, 0.717) is 25.7 Å². The Balaban J connectivity index is 5.20. The predicted molar refractivity (Wildman–Crippen MR) is 317 cm³/mol. The van der Waals surface area contributed by atoms with Crippen LogP contribution in [-0.4, -0.2) is 96.7 Å². The molecule has 0 spiro atoms. The van der Waals surface area contributed by atoms with Crippen LogP contribution in [0.5, 0.6) is 0 Å². The van der Waals surface area contributed by atoms with Crippen molar-refractivity contribution in [1.82, 2.24) is 0 Å². The summed E-state index contributed by atoms with van der Waals surface area (Å²) in [4.78, 5) is 71.8. The number of rotatable bonds is 59. The molecule has 0 saturated heterocycles. The standard InChI is InChI=1S/C61H118O17P2/c1-8-11-12-25-35-42-58(63)71-48-56(77-60(65)44-37-30-23-16-13-19-26-32-39-52(4)5)50-75-79(67,68)73-46-55(62)47-74-80(69,70)76-51-57(78-61(66)45-38-31-24-18-15-21-28-34-41-54(7)10-3)49-72-59(64)43-36-29-22-17-14-20-27-33-40-53(6)9-2/h52-57,62H,8-51H2,1-7H3,(H,67,68)(H,69,70)/t53?,54?,55-,56+,57+/m0/s1. The van der Waals surface area contributed by atoms with Gasteiger partial charge in [-0.1, -0.05) is 241 Å². The van der Waals surface area contributed by atoms with Crippen LogP contribution in [0.1, 0.15) is 292 Å². The van der Waals surface area contributed by atoms with Crippen LogP contribution in [0, 0.1) is 17.8 Å². The zero-order valence-electron chi connectivity index (χ0n) is 51.5. The van der Waals surface area contributed by atoms with Crippen LogP contribution in [-0.2, 0) is 65.4 Å². The van der Waals surface area contributed by atoms with Crippen molar-refractivity contribution in [3.63, 3.8) is 0 Å². The van der Waals surface area contributed by atoms with Crippen molar-refractivity contribution in [3.8, 4) is 0 Å². The Bertz CT molecular complexity index is 1600. The van der Waals surface area contributed by atoms with Gasteiger partial charge in [-0.25, -0.2) is 9.13 Å². The summed E-state index contributed by atoms with van der Waals surface area (Å²) in [5.74, 6) is 0.113. The summed E-state index contributed by atoms with van der Waals surface area (Å²) in [5, 5.41) is 10.5. The second kappa shape index (κ2) is 52.6. The molecule has 0 aliphatic carbocycles. The number of carbonyl (C=O) groups is 4. The molecule has 4 unspecified atom stereocenters. The van der Waals surface area contributed by atoms with Gasteiger partial charge in [-0.15, -0.1) is 0 Å². The van der Waals surface area contributed by atoms with Gasteiger partial charge in [0.15, 0.2) is 12.2 Å². The number of aliphatic hydroxyl groups is 1. The molecule has 0 fully saturated rings. The van der Waals surface area contributed by atoms with Crippen molar-refractivity contribution in [2.75, 3.05) is 39.6 Å². The molecule has 0 rings (SSSR count).